The number of carbonyl (C=O) groups is 1. The van der Waals surface area contributed by atoms with E-state index in [0.717, 1.165) is 7.05 Å². The number of hydrogen-bond donors (Lipinski definition) is 0. The predicted octanol–water partition coefficient (Wildman–Crippen LogP) is 1.59. The molecule has 0 unspecified atom stereocenters. The molecular formula is C8H9ClF3N3O. The summed E-state index contributed by atoms with van der Waals surface area (Å²) < 4.78 is 37.6. The number of alkyl halides is 3. The van der Waals surface area contributed by atoms with Crippen molar-refractivity contribution in [1.29, 1.82) is 0 Å². The van der Waals surface area contributed by atoms with E-state index >= 15 is 0 Å². The van der Waals surface area contributed by atoms with Crippen LogP contribution in [0.1, 0.15) is 5.69 Å². The normalized spacial score (nSPS) is 11.6. The number of amides is 1. The lowest BCUT2D eigenvalue weighted by molar-refractivity contribution is -0.184. The molecule has 90 valence electrons. The van der Waals surface area contributed by atoms with Crippen molar-refractivity contribution in [2.45, 2.75) is 12.7 Å². The standard InChI is InChI=1S/C8H9ClF3N3O/c1-14(7(16)8(10,11)12)4-6-5(9)3-13-15(6)2/h3H,4H2,1-2H3. The Labute approximate surface area is 94.6 Å². The zero-order valence-electron chi connectivity index (χ0n) is 8.55. The molecule has 0 atom stereocenters. The van der Waals surface area contributed by atoms with Gasteiger partial charge in [-0.1, -0.05) is 11.6 Å². The maximum Gasteiger partial charge on any atom is 0.471 e. The number of carbonyl (C=O) groups excluding carboxylic acids is 1. The van der Waals surface area contributed by atoms with Crippen molar-refractivity contribution >= 4 is 17.5 Å². The predicted molar refractivity (Wildman–Crippen MR) is 50.7 cm³/mol. The molecule has 0 radical (unpaired) electrons. The molecule has 0 aromatic carbocycles. The number of aryl methyl sites for hydroxylation is 1. The van der Waals surface area contributed by atoms with Crippen molar-refractivity contribution in [3.63, 3.8) is 0 Å². The fourth-order valence-electron chi connectivity index (χ4n) is 1.13. The summed E-state index contributed by atoms with van der Waals surface area (Å²) in [5.74, 6) is -1.91. The van der Waals surface area contributed by atoms with Crippen LogP contribution < -0.4 is 0 Å². The van der Waals surface area contributed by atoms with E-state index in [0.29, 0.717) is 10.6 Å². The van der Waals surface area contributed by atoms with Crippen LogP contribution in [0, 0.1) is 0 Å². The lowest BCUT2D eigenvalue weighted by Crippen LogP contribution is -2.38. The first kappa shape index (κ1) is 12.8. The van der Waals surface area contributed by atoms with Gasteiger partial charge in [0.25, 0.3) is 0 Å². The van der Waals surface area contributed by atoms with Crippen LogP contribution in [-0.2, 0) is 18.4 Å². The molecule has 0 bridgehead atoms. The summed E-state index contributed by atoms with van der Waals surface area (Å²) in [5.41, 5.74) is 0.349. The Morgan fingerprint density at radius 1 is 1.62 bits per heavy atom. The van der Waals surface area contributed by atoms with E-state index in [9.17, 15) is 18.0 Å². The zero-order valence-corrected chi connectivity index (χ0v) is 9.30. The molecular weight excluding hydrogens is 247 g/mol. The Bertz CT molecular complexity index is 382. The highest BCUT2D eigenvalue weighted by Crippen LogP contribution is 2.21. The second-order valence-corrected chi connectivity index (χ2v) is 3.63. The van der Waals surface area contributed by atoms with Gasteiger partial charge in [0.05, 0.1) is 23.5 Å². The minimum atomic E-state index is -4.88. The van der Waals surface area contributed by atoms with Gasteiger partial charge in [0, 0.05) is 14.1 Å². The smallest absolute Gasteiger partial charge is 0.332 e. The molecule has 1 aromatic heterocycles. The summed E-state index contributed by atoms with van der Waals surface area (Å²) in [5, 5.41) is 3.98. The van der Waals surface area contributed by atoms with Crippen LogP contribution in [0.15, 0.2) is 6.20 Å². The monoisotopic (exact) mass is 255 g/mol. The number of hydrogen-bond acceptors (Lipinski definition) is 2. The van der Waals surface area contributed by atoms with E-state index in [2.05, 4.69) is 5.10 Å². The maximum atomic E-state index is 12.1. The average molecular weight is 256 g/mol. The fourth-order valence-corrected chi connectivity index (χ4v) is 1.35. The molecule has 1 rings (SSSR count). The van der Waals surface area contributed by atoms with Crippen molar-refractivity contribution in [3.05, 3.63) is 16.9 Å². The van der Waals surface area contributed by atoms with E-state index in [4.69, 9.17) is 11.6 Å². The lowest BCUT2D eigenvalue weighted by Gasteiger charge is -2.18. The summed E-state index contributed by atoms with van der Waals surface area (Å²) in [7, 11) is 2.59. The van der Waals surface area contributed by atoms with Crippen LogP contribution in [0.4, 0.5) is 13.2 Å². The molecule has 0 N–H and O–H groups in total. The van der Waals surface area contributed by atoms with Crippen molar-refractivity contribution in [2.24, 2.45) is 7.05 Å². The SMILES string of the molecule is CN(Cc1c(Cl)cnn1C)C(=O)C(F)(F)F. The minimum absolute atomic E-state index is 0.226. The highest BCUT2D eigenvalue weighted by atomic mass is 35.5. The van der Waals surface area contributed by atoms with Gasteiger partial charge in [-0.25, -0.2) is 0 Å². The lowest BCUT2D eigenvalue weighted by atomic mass is 10.3. The van der Waals surface area contributed by atoms with Crippen molar-refractivity contribution in [1.82, 2.24) is 14.7 Å². The fraction of sp³-hybridized carbons (Fsp3) is 0.500. The molecule has 1 amide bonds. The second kappa shape index (κ2) is 4.32. The first-order valence-corrected chi connectivity index (χ1v) is 4.60. The molecule has 0 fully saturated rings. The minimum Gasteiger partial charge on any atom is -0.332 e. The molecule has 0 saturated carbocycles. The Morgan fingerprint density at radius 2 is 2.19 bits per heavy atom. The van der Waals surface area contributed by atoms with Crippen molar-refractivity contribution in [3.8, 4) is 0 Å². The Balaban J connectivity index is 2.80. The number of halogens is 4. The van der Waals surface area contributed by atoms with Crippen LogP contribution in [0.25, 0.3) is 0 Å². The Morgan fingerprint density at radius 3 is 2.56 bits per heavy atom. The largest absolute Gasteiger partial charge is 0.471 e. The molecule has 0 aliphatic carbocycles. The molecule has 0 spiro atoms. The van der Waals surface area contributed by atoms with E-state index in [1.54, 1.807) is 0 Å². The summed E-state index contributed by atoms with van der Waals surface area (Å²) >= 11 is 5.71. The maximum absolute atomic E-state index is 12.1. The number of aromatic nitrogens is 2. The summed E-state index contributed by atoms with van der Waals surface area (Å²) in [6.07, 6.45) is -3.57. The van der Waals surface area contributed by atoms with Crippen LogP contribution in [0.2, 0.25) is 5.02 Å². The van der Waals surface area contributed by atoms with E-state index < -0.39 is 12.1 Å². The van der Waals surface area contributed by atoms with Gasteiger partial charge in [0.15, 0.2) is 0 Å². The van der Waals surface area contributed by atoms with E-state index in [1.807, 2.05) is 0 Å². The molecule has 0 saturated heterocycles. The van der Waals surface area contributed by atoms with E-state index in [-0.39, 0.29) is 11.6 Å². The molecule has 1 heterocycles. The van der Waals surface area contributed by atoms with Gasteiger partial charge < -0.3 is 4.90 Å². The highest BCUT2D eigenvalue weighted by molar-refractivity contribution is 6.31. The Hall–Kier alpha value is -1.24. The van der Waals surface area contributed by atoms with Crippen LogP contribution in [-0.4, -0.2) is 33.8 Å². The van der Waals surface area contributed by atoms with Gasteiger partial charge in [0.1, 0.15) is 0 Å². The van der Waals surface area contributed by atoms with Crippen LogP contribution >= 0.6 is 11.6 Å². The molecule has 0 aliphatic heterocycles. The van der Waals surface area contributed by atoms with Crippen LogP contribution in [0.3, 0.4) is 0 Å². The van der Waals surface area contributed by atoms with Crippen molar-refractivity contribution < 1.29 is 18.0 Å². The molecule has 4 nitrogen and oxygen atoms in total. The summed E-state index contributed by atoms with van der Waals surface area (Å²) in [6.45, 7) is -0.242. The third kappa shape index (κ3) is 2.66. The first-order valence-electron chi connectivity index (χ1n) is 4.22. The van der Waals surface area contributed by atoms with Gasteiger partial charge in [-0.3, -0.25) is 9.48 Å². The number of rotatable bonds is 2. The van der Waals surface area contributed by atoms with Crippen molar-refractivity contribution in [2.75, 3.05) is 7.05 Å². The molecule has 0 aliphatic rings. The third-order valence-corrected chi connectivity index (χ3v) is 2.30. The number of nitrogens with zero attached hydrogens (tertiary/aromatic N) is 3. The molecule has 16 heavy (non-hydrogen) atoms. The topological polar surface area (TPSA) is 38.1 Å². The molecule has 8 heteroatoms. The van der Waals surface area contributed by atoms with Gasteiger partial charge >= 0.3 is 12.1 Å². The van der Waals surface area contributed by atoms with Gasteiger partial charge in [0.2, 0.25) is 0 Å². The summed E-state index contributed by atoms with van der Waals surface area (Å²) in [6, 6.07) is 0. The van der Waals surface area contributed by atoms with Crippen LogP contribution in [0.5, 0.6) is 0 Å². The average Bonchev–Trinajstić information content (AvgIpc) is 2.46. The highest BCUT2D eigenvalue weighted by Gasteiger charge is 2.41. The quantitative estimate of drug-likeness (QED) is 0.805. The first-order chi connectivity index (χ1) is 7.23. The molecule has 1 aromatic rings. The summed E-state index contributed by atoms with van der Waals surface area (Å²) in [4.78, 5) is 11.4. The van der Waals surface area contributed by atoms with Gasteiger partial charge in [-0.2, -0.15) is 18.3 Å². The van der Waals surface area contributed by atoms with E-state index in [1.165, 1.54) is 17.9 Å². The third-order valence-electron chi connectivity index (χ3n) is 1.99. The zero-order chi connectivity index (χ0) is 12.5. The van der Waals surface area contributed by atoms with Gasteiger partial charge in [-0.05, 0) is 0 Å². The Kier molecular flexibility index (Phi) is 3.47. The van der Waals surface area contributed by atoms with Gasteiger partial charge in [-0.15, -0.1) is 0 Å². The second-order valence-electron chi connectivity index (χ2n) is 3.22.